The summed E-state index contributed by atoms with van der Waals surface area (Å²) in [4.78, 5) is 0. The maximum absolute atomic E-state index is 5.98. The lowest BCUT2D eigenvalue weighted by Crippen LogP contribution is -2.28. The molecule has 2 heteroatoms. The number of rotatable bonds is 8. The highest BCUT2D eigenvalue weighted by Crippen LogP contribution is 2.33. The van der Waals surface area contributed by atoms with Crippen molar-refractivity contribution in [3.63, 3.8) is 0 Å². The number of ether oxygens (including phenoxy) is 2. The van der Waals surface area contributed by atoms with Crippen LogP contribution < -0.4 is 0 Å². The molecule has 0 bridgehead atoms. The lowest BCUT2D eigenvalue weighted by Gasteiger charge is -2.33. The highest BCUT2D eigenvalue weighted by atomic mass is 16.7. The van der Waals surface area contributed by atoms with Crippen molar-refractivity contribution in [1.29, 1.82) is 0 Å². The van der Waals surface area contributed by atoms with Gasteiger partial charge in [0.1, 0.15) is 0 Å². The molecule has 0 aromatic carbocycles. The molecule has 1 aliphatic carbocycles. The van der Waals surface area contributed by atoms with Crippen LogP contribution in [-0.4, -0.2) is 19.0 Å². The third-order valence-electron chi connectivity index (χ3n) is 4.40. The van der Waals surface area contributed by atoms with Crippen molar-refractivity contribution in [1.82, 2.24) is 0 Å². The van der Waals surface area contributed by atoms with E-state index >= 15 is 0 Å². The van der Waals surface area contributed by atoms with E-state index in [-0.39, 0.29) is 6.29 Å². The van der Waals surface area contributed by atoms with Crippen molar-refractivity contribution < 1.29 is 9.47 Å². The van der Waals surface area contributed by atoms with E-state index in [0.717, 1.165) is 24.9 Å². The first-order valence-electron chi connectivity index (χ1n) is 7.94. The molecule has 1 aliphatic rings. The third kappa shape index (κ3) is 5.71. The van der Waals surface area contributed by atoms with Crippen LogP contribution >= 0.6 is 0 Å². The average Bonchev–Trinajstić information content (AvgIpc) is 2.39. The molecule has 108 valence electrons. The summed E-state index contributed by atoms with van der Waals surface area (Å²) in [6.07, 6.45) is 9.15. The Hall–Kier alpha value is -0.0800. The van der Waals surface area contributed by atoms with Gasteiger partial charge >= 0.3 is 0 Å². The molecule has 2 unspecified atom stereocenters. The highest BCUT2D eigenvalue weighted by Gasteiger charge is 2.25. The van der Waals surface area contributed by atoms with Crippen molar-refractivity contribution in [3.05, 3.63) is 0 Å². The molecule has 0 N–H and O–H groups in total. The monoisotopic (exact) mass is 256 g/mol. The van der Waals surface area contributed by atoms with Crippen LogP contribution in [0.4, 0.5) is 0 Å². The first-order chi connectivity index (χ1) is 8.67. The summed E-state index contributed by atoms with van der Waals surface area (Å²) in [5.74, 6) is 1.80. The van der Waals surface area contributed by atoms with Crippen molar-refractivity contribution in [2.24, 2.45) is 11.8 Å². The summed E-state index contributed by atoms with van der Waals surface area (Å²) < 4.78 is 11.6. The van der Waals surface area contributed by atoms with Gasteiger partial charge in [-0.05, 0) is 50.9 Å². The van der Waals surface area contributed by atoms with Crippen molar-refractivity contribution in [2.45, 2.75) is 85.0 Å². The molecule has 0 amide bonds. The number of unbranched alkanes of at least 4 members (excludes halogenated alkanes) is 1. The van der Waals surface area contributed by atoms with E-state index in [2.05, 4.69) is 20.8 Å². The Morgan fingerprint density at radius 1 is 1.06 bits per heavy atom. The smallest absolute Gasteiger partial charge is 0.155 e. The summed E-state index contributed by atoms with van der Waals surface area (Å²) in [7, 11) is 0. The SMILES string of the molecule is CCCCOC(C)OC1CCC(C(C)CC)CC1. The van der Waals surface area contributed by atoms with Crippen LogP contribution in [0.15, 0.2) is 0 Å². The Kier molecular flexibility index (Phi) is 7.92. The van der Waals surface area contributed by atoms with E-state index in [1.165, 1.54) is 38.5 Å². The minimum Gasteiger partial charge on any atom is -0.353 e. The molecule has 0 saturated heterocycles. The highest BCUT2D eigenvalue weighted by molar-refractivity contribution is 4.76. The molecule has 0 spiro atoms. The first kappa shape index (κ1) is 16.0. The van der Waals surface area contributed by atoms with Crippen LogP contribution in [0.2, 0.25) is 0 Å². The van der Waals surface area contributed by atoms with Crippen LogP contribution in [0.1, 0.15) is 72.6 Å². The zero-order valence-electron chi connectivity index (χ0n) is 12.8. The third-order valence-corrected chi connectivity index (χ3v) is 4.40. The van der Waals surface area contributed by atoms with E-state index in [1.54, 1.807) is 0 Å². The number of hydrogen-bond acceptors (Lipinski definition) is 2. The molecule has 0 radical (unpaired) electrons. The Morgan fingerprint density at radius 3 is 2.28 bits per heavy atom. The predicted molar refractivity (Wildman–Crippen MR) is 76.6 cm³/mol. The summed E-state index contributed by atoms with van der Waals surface area (Å²) in [5, 5.41) is 0. The normalized spacial score (nSPS) is 28.0. The summed E-state index contributed by atoms with van der Waals surface area (Å²) in [6, 6.07) is 0. The molecular weight excluding hydrogens is 224 g/mol. The van der Waals surface area contributed by atoms with E-state index in [1.807, 2.05) is 6.92 Å². The molecule has 1 saturated carbocycles. The van der Waals surface area contributed by atoms with Crippen molar-refractivity contribution in [3.8, 4) is 0 Å². The minimum absolute atomic E-state index is 0.0262. The second kappa shape index (κ2) is 8.92. The second-order valence-electron chi connectivity index (χ2n) is 5.85. The molecule has 1 rings (SSSR count). The standard InChI is InChI=1S/C16H32O2/c1-5-7-12-17-14(4)18-16-10-8-15(9-11-16)13(3)6-2/h13-16H,5-12H2,1-4H3. The van der Waals surface area contributed by atoms with Crippen molar-refractivity contribution in [2.75, 3.05) is 6.61 Å². The zero-order valence-corrected chi connectivity index (χ0v) is 12.8. The van der Waals surface area contributed by atoms with E-state index in [4.69, 9.17) is 9.47 Å². The minimum atomic E-state index is -0.0262. The maximum Gasteiger partial charge on any atom is 0.155 e. The lowest BCUT2D eigenvalue weighted by atomic mass is 9.79. The van der Waals surface area contributed by atoms with Gasteiger partial charge in [0.05, 0.1) is 6.10 Å². The summed E-state index contributed by atoms with van der Waals surface area (Å²) in [5.41, 5.74) is 0. The fraction of sp³-hybridized carbons (Fsp3) is 1.00. The van der Waals surface area contributed by atoms with Gasteiger partial charge in [-0.2, -0.15) is 0 Å². The van der Waals surface area contributed by atoms with E-state index in [0.29, 0.717) is 6.10 Å². The fourth-order valence-corrected chi connectivity index (χ4v) is 2.83. The number of hydrogen-bond donors (Lipinski definition) is 0. The van der Waals surface area contributed by atoms with Crippen LogP contribution in [0, 0.1) is 11.8 Å². The van der Waals surface area contributed by atoms with Crippen LogP contribution in [0.5, 0.6) is 0 Å². The summed E-state index contributed by atoms with van der Waals surface area (Å²) in [6.45, 7) is 9.75. The van der Waals surface area contributed by atoms with Crippen LogP contribution in [0.3, 0.4) is 0 Å². The molecule has 1 fully saturated rings. The molecule has 18 heavy (non-hydrogen) atoms. The molecule has 0 heterocycles. The van der Waals surface area contributed by atoms with Gasteiger partial charge < -0.3 is 9.47 Å². The van der Waals surface area contributed by atoms with Gasteiger partial charge in [-0.1, -0.05) is 33.6 Å². The van der Waals surface area contributed by atoms with Gasteiger partial charge in [0.2, 0.25) is 0 Å². The van der Waals surface area contributed by atoms with Gasteiger partial charge in [-0.15, -0.1) is 0 Å². The predicted octanol–water partition coefficient (Wildman–Crippen LogP) is 4.77. The topological polar surface area (TPSA) is 18.5 Å². The summed E-state index contributed by atoms with van der Waals surface area (Å²) >= 11 is 0. The molecule has 2 atom stereocenters. The van der Waals surface area contributed by atoms with Crippen LogP contribution in [-0.2, 0) is 9.47 Å². The van der Waals surface area contributed by atoms with Gasteiger partial charge in [-0.3, -0.25) is 0 Å². The Labute approximate surface area is 113 Å². The van der Waals surface area contributed by atoms with Gasteiger partial charge in [0.15, 0.2) is 6.29 Å². The van der Waals surface area contributed by atoms with Crippen molar-refractivity contribution >= 4 is 0 Å². The lowest BCUT2D eigenvalue weighted by molar-refractivity contribution is -0.169. The molecule has 2 nitrogen and oxygen atoms in total. The zero-order chi connectivity index (χ0) is 13.4. The molecular formula is C16H32O2. The Morgan fingerprint density at radius 2 is 1.72 bits per heavy atom. The van der Waals surface area contributed by atoms with Gasteiger partial charge in [-0.25, -0.2) is 0 Å². The first-order valence-corrected chi connectivity index (χ1v) is 7.94. The fourth-order valence-electron chi connectivity index (χ4n) is 2.83. The molecule has 0 aromatic heterocycles. The van der Waals surface area contributed by atoms with E-state index in [9.17, 15) is 0 Å². The van der Waals surface area contributed by atoms with E-state index < -0.39 is 0 Å². The molecule has 0 aromatic rings. The quantitative estimate of drug-likeness (QED) is 0.460. The maximum atomic E-state index is 5.98. The Balaban J connectivity index is 2.14. The Bertz CT molecular complexity index is 197. The van der Waals surface area contributed by atoms with Crippen LogP contribution in [0.25, 0.3) is 0 Å². The van der Waals surface area contributed by atoms with Gasteiger partial charge in [0.25, 0.3) is 0 Å². The molecule has 0 aliphatic heterocycles. The largest absolute Gasteiger partial charge is 0.353 e. The van der Waals surface area contributed by atoms with Gasteiger partial charge in [0, 0.05) is 6.61 Å². The average molecular weight is 256 g/mol. The second-order valence-corrected chi connectivity index (χ2v) is 5.85.